The van der Waals surface area contributed by atoms with E-state index in [1.807, 2.05) is 0 Å². The number of hydrogen-bond acceptors (Lipinski definition) is 4. The van der Waals surface area contributed by atoms with Gasteiger partial charge in [0.1, 0.15) is 5.38 Å². The molecule has 0 amide bonds. The van der Waals surface area contributed by atoms with Gasteiger partial charge in [-0.2, -0.15) is 0 Å². The summed E-state index contributed by atoms with van der Waals surface area (Å²) in [6.07, 6.45) is 0.0602. The van der Waals surface area contributed by atoms with Crippen LogP contribution in [0.5, 0.6) is 0 Å². The Morgan fingerprint density at radius 1 is 1.55 bits per heavy atom. The van der Waals surface area contributed by atoms with Crippen molar-refractivity contribution in [3.63, 3.8) is 0 Å². The summed E-state index contributed by atoms with van der Waals surface area (Å²) in [5.41, 5.74) is 0. The fraction of sp³-hybridized carbons (Fsp3) is 0.667. The SMILES string of the molecule is COC(=N)CC(Cl)C(=O)OC. The lowest BCUT2D eigenvalue weighted by Gasteiger charge is -2.06. The first-order valence-corrected chi connectivity index (χ1v) is 3.38. The summed E-state index contributed by atoms with van der Waals surface area (Å²) in [5, 5.41) is 6.20. The zero-order valence-corrected chi connectivity index (χ0v) is 7.14. The smallest absolute Gasteiger partial charge is 0.324 e. The molecule has 1 N–H and O–H groups in total. The number of methoxy groups -OCH3 is 2. The largest absolute Gasteiger partial charge is 0.484 e. The van der Waals surface area contributed by atoms with E-state index < -0.39 is 11.3 Å². The van der Waals surface area contributed by atoms with Crippen LogP contribution in [0.4, 0.5) is 0 Å². The quantitative estimate of drug-likeness (QED) is 0.302. The Hall–Kier alpha value is -0.770. The van der Waals surface area contributed by atoms with Crippen LogP contribution in [-0.4, -0.2) is 31.5 Å². The van der Waals surface area contributed by atoms with Crippen molar-refractivity contribution < 1.29 is 14.3 Å². The lowest BCUT2D eigenvalue weighted by Crippen LogP contribution is -2.20. The van der Waals surface area contributed by atoms with Gasteiger partial charge in [0.25, 0.3) is 0 Å². The standard InChI is InChI=1S/C6H10ClNO3/c1-10-5(8)3-4(7)6(9)11-2/h4,8H,3H2,1-2H3. The van der Waals surface area contributed by atoms with Crippen LogP contribution in [0.1, 0.15) is 6.42 Å². The number of nitrogens with one attached hydrogen (secondary N) is 1. The van der Waals surface area contributed by atoms with Crippen LogP contribution >= 0.6 is 11.6 Å². The molecule has 0 rings (SSSR count). The molecule has 0 saturated heterocycles. The minimum atomic E-state index is -0.826. The second-order valence-corrected chi connectivity index (χ2v) is 2.35. The minimum absolute atomic E-state index is 0.0320. The number of carbonyl (C=O) groups excluding carboxylic acids is 1. The normalized spacial score (nSPS) is 11.9. The first-order valence-electron chi connectivity index (χ1n) is 2.95. The Kier molecular flexibility index (Phi) is 4.61. The summed E-state index contributed by atoms with van der Waals surface area (Å²) >= 11 is 5.51. The molecule has 0 aromatic heterocycles. The van der Waals surface area contributed by atoms with E-state index in [1.165, 1.54) is 14.2 Å². The molecule has 1 atom stereocenters. The van der Waals surface area contributed by atoms with Crippen LogP contribution < -0.4 is 0 Å². The number of carbonyl (C=O) groups is 1. The number of ether oxygens (including phenoxy) is 2. The number of rotatable bonds is 3. The summed E-state index contributed by atoms with van der Waals surface area (Å²) in [6.45, 7) is 0. The van der Waals surface area contributed by atoms with Crippen molar-refractivity contribution in [2.45, 2.75) is 11.8 Å². The van der Waals surface area contributed by atoms with Gasteiger partial charge < -0.3 is 9.47 Å². The molecule has 0 aromatic carbocycles. The van der Waals surface area contributed by atoms with Gasteiger partial charge in [0.05, 0.1) is 20.6 Å². The highest BCUT2D eigenvalue weighted by atomic mass is 35.5. The number of alkyl halides is 1. The fourth-order valence-electron chi connectivity index (χ4n) is 0.457. The Morgan fingerprint density at radius 3 is 2.45 bits per heavy atom. The third kappa shape index (κ3) is 3.83. The summed E-state index contributed by atoms with van der Waals surface area (Å²) in [6, 6.07) is 0. The van der Waals surface area contributed by atoms with E-state index in [0.29, 0.717) is 0 Å². The Labute approximate surface area is 69.9 Å². The van der Waals surface area contributed by atoms with E-state index in [2.05, 4.69) is 9.47 Å². The van der Waals surface area contributed by atoms with E-state index in [1.54, 1.807) is 0 Å². The van der Waals surface area contributed by atoms with Crippen LogP contribution in [0, 0.1) is 5.41 Å². The number of hydrogen-bond donors (Lipinski definition) is 1. The predicted octanol–water partition coefficient (Wildman–Crippen LogP) is 0.781. The van der Waals surface area contributed by atoms with Gasteiger partial charge in [-0.05, 0) is 0 Å². The number of esters is 1. The molecule has 0 aliphatic heterocycles. The fourth-order valence-corrected chi connectivity index (χ4v) is 0.687. The van der Waals surface area contributed by atoms with Crippen molar-refractivity contribution in [2.75, 3.05) is 14.2 Å². The third-order valence-electron chi connectivity index (χ3n) is 1.07. The lowest BCUT2D eigenvalue weighted by molar-refractivity contribution is -0.140. The van der Waals surface area contributed by atoms with E-state index in [-0.39, 0.29) is 12.3 Å². The molecule has 0 spiro atoms. The molecule has 5 heteroatoms. The maximum atomic E-state index is 10.7. The Balaban J connectivity index is 3.77. The van der Waals surface area contributed by atoms with Gasteiger partial charge in [0.2, 0.25) is 0 Å². The maximum Gasteiger partial charge on any atom is 0.324 e. The molecule has 64 valence electrons. The second-order valence-electron chi connectivity index (χ2n) is 1.82. The molecular weight excluding hydrogens is 170 g/mol. The summed E-state index contributed by atoms with van der Waals surface area (Å²) < 4.78 is 8.84. The molecule has 11 heavy (non-hydrogen) atoms. The molecule has 0 aromatic rings. The zero-order chi connectivity index (χ0) is 8.85. The molecule has 0 heterocycles. The van der Waals surface area contributed by atoms with Gasteiger partial charge in [0, 0.05) is 0 Å². The lowest BCUT2D eigenvalue weighted by atomic mass is 10.3. The van der Waals surface area contributed by atoms with Gasteiger partial charge in [0.15, 0.2) is 5.90 Å². The van der Waals surface area contributed by atoms with Crippen molar-refractivity contribution in [3.8, 4) is 0 Å². The van der Waals surface area contributed by atoms with Crippen molar-refractivity contribution in [2.24, 2.45) is 0 Å². The predicted molar refractivity (Wildman–Crippen MR) is 41.0 cm³/mol. The Morgan fingerprint density at radius 2 is 2.09 bits per heavy atom. The molecule has 4 nitrogen and oxygen atoms in total. The summed E-state index contributed by atoms with van der Waals surface area (Å²) in [4.78, 5) is 10.7. The Bertz CT molecular complexity index is 160. The van der Waals surface area contributed by atoms with Crippen LogP contribution in [0.3, 0.4) is 0 Å². The minimum Gasteiger partial charge on any atom is -0.484 e. The highest BCUT2D eigenvalue weighted by molar-refractivity contribution is 6.30. The summed E-state index contributed by atoms with van der Waals surface area (Å²) in [5.74, 6) is -0.580. The van der Waals surface area contributed by atoms with Crippen LogP contribution in [0.2, 0.25) is 0 Å². The average molecular weight is 180 g/mol. The molecule has 0 bridgehead atoms. The van der Waals surface area contributed by atoms with Crippen molar-refractivity contribution in [1.82, 2.24) is 0 Å². The van der Waals surface area contributed by atoms with Gasteiger partial charge in [-0.3, -0.25) is 10.2 Å². The van der Waals surface area contributed by atoms with E-state index >= 15 is 0 Å². The second kappa shape index (κ2) is 4.96. The monoisotopic (exact) mass is 179 g/mol. The van der Waals surface area contributed by atoms with Gasteiger partial charge in [-0.15, -0.1) is 11.6 Å². The first kappa shape index (κ1) is 10.2. The third-order valence-corrected chi connectivity index (χ3v) is 1.40. The molecule has 0 aliphatic rings. The van der Waals surface area contributed by atoms with E-state index in [9.17, 15) is 4.79 Å². The highest BCUT2D eigenvalue weighted by Crippen LogP contribution is 2.04. The van der Waals surface area contributed by atoms with Crippen molar-refractivity contribution in [1.29, 1.82) is 5.41 Å². The van der Waals surface area contributed by atoms with Crippen molar-refractivity contribution in [3.05, 3.63) is 0 Å². The average Bonchev–Trinajstić information content (AvgIpc) is 2.02. The molecule has 0 aliphatic carbocycles. The van der Waals surface area contributed by atoms with Crippen LogP contribution in [-0.2, 0) is 14.3 Å². The molecule has 0 fully saturated rings. The molecular formula is C6H10ClNO3. The van der Waals surface area contributed by atoms with Gasteiger partial charge in [-0.25, -0.2) is 0 Å². The van der Waals surface area contributed by atoms with Crippen molar-refractivity contribution >= 4 is 23.5 Å². The van der Waals surface area contributed by atoms with Crippen LogP contribution in [0.25, 0.3) is 0 Å². The van der Waals surface area contributed by atoms with Crippen LogP contribution in [0.15, 0.2) is 0 Å². The molecule has 0 radical (unpaired) electrons. The topological polar surface area (TPSA) is 59.4 Å². The maximum absolute atomic E-state index is 10.7. The van der Waals surface area contributed by atoms with E-state index in [0.717, 1.165) is 0 Å². The zero-order valence-electron chi connectivity index (χ0n) is 6.39. The first-order chi connectivity index (χ1) is 5.11. The van der Waals surface area contributed by atoms with Gasteiger partial charge in [-0.1, -0.05) is 0 Å². The number of halogens is 1. The molecule has 1 unspecified atom stereocenters. The van der Waals surface area contributed by atoms with Gasteiger partial charge >= 0.3 is 5.97 Å². The summed E-state index contributed by atoms with van der Waals surface area (Å²) in [7, 11) is 2.59. The highest BCUT2D eigenvalue weighted by Gasteiger charge is 2.17. The molecule has 0 saturated carbocycles. The van der Waals surface area contributed by atoms with E-state index in [4.69, 9.17) is 17.0 Å².